The maximum Gasteiger partial charge on any atom is 0.328 e. The fourth-order valence-corrected chi connectivity index (χ4v) is 2.30. The number of hydrogen-bond donors (Lipinski definition) is 9. The first-order chi connectivity index (χ1) is 14.6. The van der Waals surface area contributed by atoms with E-state index in [-0.39, 0.29) is 0 Å². The zero-order chi connectivity index (χ0) is 25.2. The number of hydrogen-bond acceptors (Lipinski definition) is 9. The molecule has 0 saturated heterocycles. The van der Waals surface area contributed by atoms with Crippen molar-refractivity contribution in [3.05, 3.63) is 0 Å². The molecule has 5 unspecified atom stereocenters. The fourth-order valence-electron chi connectivity index (χ4n) is 2.30. The summed E-state index contributed by atoms with van der Waals surface area (Å²) in [7, 11) is 0. The van der Waals surface area contributed by atoms with Crippen molar-refractivity contribution < 1.29 is 48.9 Å². The molecule has 0 bridgehead atoms. The molecule has 0 aliphatic heterocycles. The Morgan fingerprint density at radius 2 is 1.16 bits per heavy atom. The molecule has 0 fully saturated rings. The van der Waals surface area contributed by atoms with E-state index in [2.05, 4.69) is 0 Å². The smallest absolute Gasteiger partial charge is 0.328 e. The molecule has 0 spiro atoms. The van der Waals surface area contributed by atoms with Crippen LogP contribution in [0.15, 0.2) is 0 Å². The van der Waals surface area contributed by atoms with Gasteiger partial charge in [0.1, 0.15) is 12.1 Å². The number of nitrogens with two attached hydrogens (primary N) is 3. The molecule has 0 aromatic carbocycles. The van der Waals surface area contributed by atoms with Gasteiger partial charge in [0.25, 0.3) is 0 Å². The van der Waals surface area contributed by atoms with Crippen LogP contribution in [0.5, 0.6) is 0 Å². The molecule has 0 saturated carbocycles. The molecule has 16 heteroatoms. The zero-order valence-corrected chi connectivity index (χ0v) is 16.9. The number of carboxylic acid groups (broad SMARTS) is 2. The van der Waals surface area contributed by atoms with Crippen molar-refractivity contribution in [3.63, 3.8) is 0 Å². The molecular formula is C16H26N6O10. The van der Waals surface area contributed by atoms with Crippen LogP contribution in [0.3, 0.4) is 0 Å². The number of rotatable bonds is 14. The third kappa shape index (κ3) is 10.3. The molecule has 0 aliphatic rings. The van der Waals surface area contributed by atoms with E-state index in [0.29, 0.717) is 0 Å². The van der Waals surface area contributed by atoms with Crippen molar-refractivity contribution in [3.8, 4) is 0 Å². The van der Waals surface area contributed by atoms with Crippen molar-refractivity contribution in [2.24, 2.45) is 17.2 Å². The first kappa shape index (κ1) is 28.2. The van der Waals surface area contributed by atoms with Gasteiger partial charge in [0.15, 0.2) is 6.04 Å². The molecule has 0 rings (SSSR count). The summed E-state index contributed by atoms with van der Waals surface area (Å²) in [5, 5.41) is 33.1. The Morgan fingerprint density at radius 3 is 1.50 bits per heavy atom. The highest BCUT2D eigenvalue weighted by Gasteiger charge is 2.33. The molecule has 0 aliphatic carbocycles. The average molecular weight is 462 g/mol. The van der Waals surface area contributed by atoms with Crippen molar-refractivity contribution in [2.75, 3.05) is 0 Å². The SMILES string of the molecule is CC(O)C(NC(=O)C(CC(N)=O)NC(=O)C(CC(N)=O)NC(=O)C(N)CC(=O)O)C(=O)O. The van der Waals surface area contributed by atoms with Gasteiger partial charge in [0, 0.05) is 0 Å². The van der Waals surface area contributed by atoms with E-state index < -0.39 is 91.0 Å². The number of nitrogens with one attached hydrogen (secondary N) is 3. The molecule has 0 heterocycles. The third-order valence-corrected chi connectivity index (χ3v) is 3.85. The summed E-state index contributed by atoms with van der Waals surface area (Å²) in [6.07, 6.45) is -3.92. The van der Waals surface area contributed by atoms with Gasteiger partial charge in [0.2, 0.25) is 29.5 Å². The van der Waals surface area contributed by atoms with Crippen LogP contribution >= 0.6 is 0 Å². The van der Waals surface area contributed by atoms with Gasteiger partial charge >= 0.3 is 11.9 Å². The van der Waals surface area contributed by atoms with Gasteiger partial charge in [-0.2, -0.15) is 0 Å². The molecule has 180 valence electrons. The Kier molecular flexibility index (Phi) is 11.3. The fraction of sp³-hybridized carbons (Fsp3) is 0.562. The van der Waals surface area contributed by atoms with Gasteiger partial charge in [-0.15, -0.1) is 0 Å². The molecule has 0 aromatic heterocycles. The van der Waals surface area contributed by atoms with Crippen LogP contribution in [0.2, 0.25) is 0 Å². The minimum absolute atomic E-state index is 0.784. The first-order valence-electron chi connectivity index (χ1n) is 9.01. The van der Waals surface area contributed by atoms with Crippen molar-refractivity contribution in [2.45, 2.75) is 56.5 Å². The van der Waals surface area contributed by atoms with Gasteiger partial charge in [-0.25, -0.2) is 4.79 Å². The second-order valence-electron chi connectivity index (χ2n) is 6.73. The van der Waals surface area contributed by atoms with Crippen LogP contribution in [0.25, 0.3) is 0 Å². The van der Waals surface area contributed by atoms with Crippen molar-refractivity contribution in [1.29, 1.82) is 0 Å². The van der Waals surface area contributed by atoms with Crippen LogP contribution in [-0.4, -0.2) is 87.1 Å². The van der Waals surface area contributed by atoms with E-state index in [1.807, 2.05) is 16.0 Å². The van der Waals surface area contributed by atoms with Gasteiger partial charge < -0.3 is 48.5 Å². The standard InChI is InChI=1S/C16H26N6O10/c1-5(23)12(16(31)32)22-15(30)8(4-10(19)25)21-14(29)7(3-9(18)24)20-13(28)6(17)2-11(26)27/h5-8,12,23H,2-4,17H2,1H3,(H2,18,24)(H2,19,25)(H,20,28)(H,21,29)(H,22,30)(H,26,27)(H,31,32). The largest absolute Gasteiger partial charge is 0.481 e. The Bertz CT molecular complexity index is 770. The van der Waals surface area contributed by atoms with E-state index in [1.54, 1.807) is 0 Å². The average Bonchev–Trinajstić information content (AvgIpc) is 2.62. The number of carbonyl (C=O) groups excluding carboxylic acids is 5. The van der Waals surface area contributed by atoms with E-state index >= 15 is 0 Å². The Morgan fingerprint density at radius 1 is 0.750 bits per heavy atom. The van der Waals surface area contributed by atoms with Crippen LogP contribution in [0.1, 0.15) is 26.2 Å². The predicted molar refractivity (Wildman–Crippen MR) is 103 cm³/mol. The monoisotopic (exact) mass is 462 g/mol. The molecule has 32 heavy (non-hydrogen) atoms. The predicted octanol–water partition coefficient (Wildman–Crippen LogP) is -5.54. The highest BCUT2D eigenvalue weighted by Crippen LogP contribution is 2.01. The number of carbonyl (C=O) groups is 7. The van der Waals surface area contributed by atoms with E-state index in [4.69, 9.17) is 27.4 Å². The topological polar surface area (TPSA) is 294 Å². The number of amides is 5. The van der Waals surface area contributed by atoms with Gasteiger partial charge in [-0.3, -0.25) is 28.8 Å². The van der Waals surface area contributed by atoms with E-state index in [0.717, 1.165) is 6.92 Å². The normalized spacial score (nSPS) is 15.2. The lowest BCUT2D eigenvalue weighted by molar-refractivity contribution is -0.145. The van der Waals surface area contributed by atoms with Crippen LogP contribution in [0, 0.1) is 0 Å². The number of aliphatic hydroxyl groups excluding tert-OH is 1. The highest BCUT2D eigenvalue weighted by atomic mass is 16.4. The van der Waals surface area contributed by atoms with Gasteiger partial charge in [-0.05, 0) is 6.92 Å². The third-order valence-electron chi connectivity index (χ3n) is 3.85. The highest BCUT2D eigenvalue weighted by molar-refractivity contribution is 5.98. The van der Waals surface area contributed by atoms with Gasteiger partial charge in [0.05, 0.1) is 31.4 Å². The zero-order valence-electron chi connectivity index (χ0n) is 16.9. The summed E-state index contributed by atoms with van der Waals surface area (Å²) in [5.41, 5.74) is 15.4. The molecule has 0 radical (unpaired) electrons. The summed E-state index contributed by atoms with van der Waals surface area (Å²) < 4.78 is 0. The Labute approximate surface area is 180 Å². The minimum atomic E-state index is -1.79. The molecule has 0 aromatic rings. The second kappa shape index (κ2) is 12.8. The lowest BCUT2D eigenvalue weighted by Crippen LogP contribution is -2.59. The molecular weight excluding hydrogens is 436 g/mol. The lowest BCUT2D eigenvalue weighted by atomic mass is 10.1. The van der Waals surface area contributed by atoms with Crippen LogP contribution < -0.4 is 33.2 Å². The van der Waals surface area contributed by atoms with Crippen molar-refractivity contribution in [1.82, 2.24) is 16.0 Å². The number of primary amides is 2. The van der Waals surface area contributed by atoms with E-state index in [9.17, 15) is 38.7 Å². The lowest BCUT2D eigenvalue weighted by Gasteiger charge is -2.24. The van der Waals surface area contributed by atoms with Crippen LogP contribution in [0.4, 0.5) is 0 Å². The number of carboxylic acids is 2. The minimum Gasteiger partial charge on any atom is -0.481 e. The Hall–Kier alpha value is -3.79. The summed E-state index contributed by atoms with van der Waals surface area (Å²) in [5.74, 6) is -8.69. The number of aliphatic hydroxyl groups is 1. The summed E-state index contributed by atoms with van der Waals surface area (Å²) in [6.45, 7) is 1.07. The molecule has 5 amide bonds. The first-order valence-corrected chi connectivity index (χ1v) is 9.01. The number of aliphatic carboxylic acids is 2. The maximum atomic E-state index is 12.5. The summed E-state index contributed by atoms with van der Waals surface area (Å²) >= 11 is 0. The quantitative estimate of drug-likeness (QED) is 0.117. The summed E-state index contributed by atoms with van der Waals surface area (Å²) in [4.78, 5) is 81.2. The Balaban J connectivity index is 5.56. The molecule has 5 atom stereocenters. The molecule has 12 N–H and O–H groups in total. The second-order valence-corrected chi connectivity index (χ2v) is 6.73. The van der Waals surface area contributed by atoms with E-state index in [1.165, 1.54) is 0 Å². The van der Waals surface area contributed by atoms with Crippen LogP contribution in [-0.2, 0) is 33.6 Å². The van der Waals surface area contributed by atoms with Crippen molar-refractivity contribution >= 4 is 41.5 Å². The van der Waals surface area contributed by atoms with Gasteiger partial charge in [-0.1, -0.05) is 0 Å². The molecule has 16 nitrogen and oxygen atoms in total. The summed E-state index contributed by atoms with van der Waals surface area (Å²) in [6, 6.07) is -6.83. The maximum absolute atomic E-state index is 12.5.